The summed E-state index contributed by atoms with van der Waals surface area (Å²) in [6, 6.07) is 84.6. The van der Waals surface area contributed by atoms with E-state index in [1.165, 1.54) is 0 Å². The SMILES string of the molecule is c1ccc(-c2cc(-c3ccccc3-c3ccc(-n4ncc5ccccc54)cc3)cc(-c3ccccc3-c3ccc(-n4ncc5ccccc54)cc3)c2)c(-c2ccc(-n3ncc4ccccc43)cc2)c1. The zero-order valence-electron chi connectivity index (χ0n) is 37.4. The van der Waals surface area contributed by atoms with Crippen LogP contribution in [0.4, 0.5) is 0 Å². The molecule has 0 aliphatic rings. The summed E-state index contributed by atoms with van der Waals surface area (Å²) in [6.07, 6.45) is 5.78. The Morgan fingerprint density at radius 2 is 0.449 bits per heavy atom. The summed E-state index contributed by atoms with van der Waals surface area (Å²) in [4.78, 5) is 0. The zero-order chi connectivity index (χ0) is 45.7. The Bertz CT molecular complexity index is 3580. The molecule has 69 heavy (non-hydrogen) atoms. The molecule has 0 atom stereocenters. The first-order valence-electron chi connectivity index (χ1n) is 23.2. The van der Waals surface area contributed by atoms with E-state index >= 15 is 0 Å². The molecule has 6 heteroatoms. The van der Waals surface area contributed by atoms with E-state index in [0.717, 1.165) is 117 Å². The van der Waals surface area contributed by atoms with Gasteiger partial charge in [-0.15, -0.1) is 0 Å². The molecule has 10 aromatic carbocycles. The first kappa shape index (κ1) is 39.9. The summed E-state index contributed by atoms with van der Waals surface area (Å²) in [5, 5.41) is 17.5. The average molecular weight is 883 g/mol. The Morgan fingerprint density at radius 1 is 0.217 bits per heavy atom. The third-order valence-corrected chi connectivity index (χ3v) is 13.3. The second-order valence-corrected chi connectivity index (χ2v) is 17.4. The molecule has 0 fully saturated rings. The number of para-hydroxylation sites is 3. The topological polar surface area (TPSA) is 53.5 Å². The minimum Gasteiger partial charge on any atom is -0.233 e. The number of rotatable bonds is 9. The molecule has 0 spiro atoms. The molecule has 3 aromatic heterocycles. The van der Waals surface area contributed by atoms with E-state index in [0.29, 0.717) is 0 Å². The Labute approximate surface area is 399 Å². The second kappa shape index (κ2) is 16.8. The third kappa shape index (κ3) is 7.19. The Hall–Kier alpha value is -9.39. The average Bonchev–Trinajstić information content (AvgIpc) is 4.19. The van der Waals surface area contributed by atoms with Crippen LogP contribution in [0.1, 0.15) is 0 Å². The Kier molecular flexibility index (Phi) is 9.72. The van der Waals surface area contributed by atoms with Crippen molar-refractivity contribution in [1.82, 2.24) is 29.3 Å². The fourth-order valence-corrected chi connectivity index (χ4v) is 9.93. The number of hydrogen-bond donors (Lipinski definition) is 0. The minimum atomic E-state index is 1.02. The van der Waals surface area contributed by atoms with Gasteiger partial charge in [-0.3, -0.25) is 0 Å². The molecule has 324 valence electrons. The quantitative estimate of drug-likeness (QED) is 0.145. The van der Waals surface area contributed by atoms with Gasteiger partial charge in [0.1, 0.15) is 0 Å². The first-order valence-corrected chi connectivity index (χ1v) is 23.2. The van der Waals surface area contributed by atoms with Gasteiger partial charge in [0.05, 0.1) is 52.2 Å². The van der Waals surface area contributed by atoms with Gasteiger partial charge < -0.3 is 0 Å². The van der Waals surface area contributed by atoms with Crippen LogP contribution in [0.5, 0.6) is 0 Å². The fraction of sp³-hybridized carbons (Fsp3) is 0. The molecule has 3 heterocycles. The molecule has 0 saturated heterocycles. The van der Waals surface area contributed by atoms with E-state index in [-0.39, 0.29) is 0 Å². The van der Waals surface area contributed by atoms with E-state index in [2.05, 4.69) is 237 Å². The summed E-state index contributed by atoms with van der Waals surface area (Å²) in [5.74, 6) is 0. The van der Waals surface area contributed by atoms with Crippen LogP contribution in [0.15, 0.2) is 255 Å². The molecule has 6 nitrogen and oxygen atoms in total. The van der Waals surface area contributed by atoms with Crippen molar-refractivity contribution in [2.24, 2.45) is 0 Å². The van der Waals surface area contributed by atoms with Gasteiger partial charge in [-0.1, -0.05) is 164 Å². The zero-order valence-corrected chi connectivity index (χ0v) is 37.4. The van der Waals surface area contributed by atoms with Crippen molar-refractivity contribution in [3.63, 3.8) is 0 Å². The smallest absolute Gasteiger partial charge is 0.0741 e. The van der Waals surface area contributed by atoms with Crippen molar-refractivity contribution < 1.29 is 0 Å². The Balaban J connectivity index is 0.938. The molecule has 0 unspecified atom stereocenters. The van der Waals surface area contributed by atoms with Crippen LogP contribution in [0.3, 0.4) is 0 Å². The summed E-state index contributed by atoms with van der Waals surface area (Å²) < 4.78 is 6.03. The molecular formula is C63H42N6. The molecule has 0 bridgehead atoms. The van der Waals surface area contributed by atoms with Gasteiger partial charge in [0.25, 0.3) is 0 Å². The fourth-order valence-electron chi connectivity index (χ4n) is 9.93. The normalized spacial score (nSPS) is 11.5. The van der Waals surface area contributed by atoms with Crippen LogP contribution >= 0.6 is 0 Å². The predicted octanol–water partition coefficient (Wildman–Crippen LogP) is 15.7. The molecule has 0 saturated carbocycles. The van der Waals surface area contributed by atoms with Crippen molar-refractivity contribution >= 4 is 32.7 Å². The van der Waals surface area contributed by atoms with E-state index in [1.807, 2.05) is 32.6 Å². The molecule has 0 amide bonds. The number of aromatic nitrogens is 6. The highest BCUT2D eigenvalue weighted by atomic mass is 15.3. The van der Waals surface area contributed by atoms with E-state index in [4.69, 9.17) is 15.3 Å². The van der Waals surface area contributed by atoms with Crippen molar-refractivity contribution in [1.29, 1.82) is 0 Å². The molecule has 0 aliphatic heterocycles. The van der Waals surface area contributed by atoms with Gasteiger partial charge in [-0.2, -0.15) is 15.3 Å². The monoisotopic (exact) mass is 882 g/mol. The molecule has 13 aromatic rings. The van der Waals surface area contributed by atoms with E-state index < -0.39 is 0 Å². The maximum atomic E-state index is 4.73. The lowest BCUT2D eigenvalue weighted by atomic mass is 9.86. The maximum Gasteiger partial charge on any atom is 0.0741 e. The van der Waals surface area contributed by atoms with Crippen molar-refractivity contribution in [3.05, 3.63) is 255 Å². The van der Waals surface area contributed by atoms with Gasteiger partial charge in [0.15, 0.2) is 0 Å². The molecule has 0 N–H and O–H groups in total. The lowest BCUT2D eigenvalue weighted by Crippen LogP contribution is -1.96. The summed E-state index contributed by atoms with van der Waals surface area (Å²) in [5.41, 5.74) is 20.0. The molecular weight excluding hydrogens is 841 g/mol. The van der Waals surface area contributed by atoms with Crippen LogP contribution in [0, 0.1) is 0 Å². The van der Waals surface area contributed by atoms with Gasteiger partial charge in [0.2, 0.25) is 0 Å². The van der Waals surface area contributed by atoms with Crippen LogP contribution in [0.25, 0.3) is 117 Å². The Morgan fingerprint density at radius 3 is 0.725 bits per heavy atom. The van der Waals surface area contributed by atoms with Gasteiger partial charge >= 0.3 is 0 Å². The van der Waals surface area contributed by atoms with Crippen LogP contribution in [0.2, 0.25) is 0 Å². The molecule has 0 radical (unpaired) electrons. The van der Waals surface area contributed by atoms with Gasteiger partial charge in [-0.05, 0) is 140 Å². The van der Waals surface area contributed by atoms with E-state index in [9.17, 15) is 0 Å². The number of hydrogen-bond acceptors (Lipinski definition) is 3. The predicted molar refractivity (Wildman–Crippen MR) is 283 cm³/mol. The highest BCUT2D eigenvalue weighted by molar-refractivity contribution is 5.94. The lowest BCUT2D eigenvalue weighted by molar-refractivity contribution is 0.911. The third-order valence-electron chi connectivity index (χ3n) is 13.3. The number of benzene rings is 10. The van der Waals surface area contributed by atoms with Gasteiger partial charge in [-0.25, -0.2) is 14.0 Å². The van der Waals surface area contributed by atoms with Crippen LogP contribution < -0.4 is 0 Å². The number of nitrogens with zero attached hydrogens (tertiary/aromatic N) is 6. The molecule has 0 aliphatic carbocycles. The van der Waals surface area contributed by atoms with Crippen molar-refractivity contribution in [2.75, 3.05) is 0 Å². The highest BCUT2D eigenvalue weighted by Gasteiger charge is 2.17. The summed E-state index contributed by atoms with van der Waals surface area (Å²) >= 11 is 0. The largest absolute Gasteiger partial charge is 0.233 e. The highest BCUT2D eigenvalue weighted by Crippen LogP contribution is 2.42. The maximum absolute atomic E-state index is 4.73. The van der Waals surface area contributed by atoms with Crippen molar-refractivity contribution in [2.45, 2.75) is 0 Å². The lowest BCUT2D eigenvalue weighted by Gasteiger charge is -2.18. The minimum absolute atomic E-state index is 1.02. The number of fused-ring (bicyclic) bond motifs is 3. The van der Waals surface area contributed by atoms with Crippen LogP contribution in [-0.4, -0.2) is 29.3 Å². The second-order valence-electron chi connectivity index (χ2n) is 17.4. The summed E-state index contributed by atoms with van der Waals surface area (Å²) in [6.45, 7) is 0. The van der Waals surface area contributed by atoms with Crippen LogP contribution in [-0.2, 0) is 0 Å². The summed E-state index contributed by atoms with van der Waals surface area (Å²) in [7, 11) is 0. The van der Waals surface area contributed by atoms with Gasteiger partial charge in [0, 0.05) is 16.2 Å². The first-order chi connectivity index (χ1) is 34.2. The van der Waals surface area contributed by atoms with E-state index in [1.54, 1.807) is 0 Å². The molecule has 13 rings (SSSR count). The van der Waals surface area contributed by atoms with Crippen molar-refractivity contribution in [3.8, 4) is 83.8 Å². The standard InChI is InChI=1S/C63H42N6/c1-10-22-61-46(13-1)40-64-67(61)52-31-25-43(26-32-52)55-16-4-7-19-58(55)49-37-50(59-20-8-5-17-56(59)44-27-33-53(34-28-44)68-62-23-11-2-14-47(62)41-65-68)39-51(38-49)60-21-9-6-18-57(60)45-29-35-54(36-30-45)69-63-24-12-3-15-48(63)42-66-69/h1-42H.